The van der Waals surface area contributed by atoms with Crippen molar-refractivity contribution in [2.45, 2.75) is 6.54 Å². The summed E-state index contributed by atoms with van der Waals surface area (Å²) in [5, 5.41) is 10.4. The highest BCUT2D eigenvalue weighted by Crippen LogP contribution is 2.23. The quantitative estimate of drug-likeness (QED) is 0.506. The fourth-order valence-corrected chi connectivity index (χ4v) is 3.66. The van der Waals surface area contributed by atoms with Crippen molar-refractivity contribution in [3.05, 3.63) is 75.6 Å². The van der Waals surface area contributed by atoms with Gasteiger partial charge in [0.05, 0.1) is 12.7 Å². The normalized spacial score (nSPS) is 10.8. The molecule has 3 heterocycles. The molecule has 0 aliphatic carbocycles. The third kappa shape index (κ3) is 4.04. The van der Waals surface area contributed by atoms with E-state index in [4.69, 9.17) is 23.2 Å². The van der Waals surface area contributed by atoms with Gasteiger partial charge in [-0.25, -0.2) is 19.6 Å². The summed E-state index contributed by atoms with van der Waals surface area (Å²) in [6.45, 7) is 0.388. The lowest BCUT2D eigenvalue weighted by Gasteiger charge is -2.10. The SMILES string of the molecule is O=C(Nc1ccnn1Cc1ccc(Cl)cc1Cl)c1csc(-c2ncccn2)n1. The predicted octanol–water partition coefficient (Wildman–Crippen LogP) is 4.40. The number of hydrogen-bond donors (Lipinski definition) is 1. The molecule has 3 aromatic heterocycles. The van der Waals surface area contributed by atoms with E-state index in [1.807, 2.05) is 6.07 Å². The van der Waals surface area contributed by atoms with Crippen LogP contribution < -0.4 is 5.32 Å². The molecule has 0 unspecified atom stereocenters. The Hall–Kier alpha value is -2.81. The van der Waals surface area contributed by atoms with Gasteiger partial charge in [0.1, 0.15) is 11.5 Å². The van der Waals surface area contributed by atoms with Crippen LogP contribution in [0.5, 0.6) is 0 Å². The topological polar surface area (TPSA) is 85.6 Å². The van der Waals surface area contributed by atoms with Crippen LogP contribution >= 0.6 is 34.5 Å². The van der Waals surface area contributed by atoms with Gasteiger partial charge in [0.2, 0.25) is 0 Å². The lowest BCUT2D eigenvalue weighted by Crippen LogP contribution is -2.16. The van der Waals surface area contributed by atoms with E-state index >= 15 is 0 Å². The van der Waals surface area contributed by atoms with Crippen LogP contribution in [0.1, 0.15) is 16.1 Å². The lowest BCUT2D eigenvalue weighted by atomic mass is 10.2. The second-order valence-corrected chi connectivity index (χ2v) is 7.38. The van der Waals surface area contributed by atoms with E-state index in [-0.39, 0.29) is 11.6 Å². The first-order chi connectivity index (χ1) is 13.6. The Morgan fingerprint density at radius 2 is 1.96 bits per heavy atom. The molecule has 28 heavy (non-hydrogen) atoms. The number of halogens is 2. The van der Waals surface area contributed by atoms with Crippen molar-refractivity contribution < 1.29 is 4.79 Å². The molecule has 1 N–H and O–H groups in total. The van der Waals surface area contributed by atoms with Gasteiger partial charge >= 0.3 is 0 Å². The van der Waals surface area contributed by atoms with Crippen LogP contribution in [0.15, 0.2) is 54.3 Å². The first-order valence-electron chi connectivity index (χ1n) is 8.10. The van der Waals surface area contributed by atoms with Gasteiger partial charge in [-0.1, -0.05) is 29.3 Å². The number of aromatic nitrogens is 5. The maximum absolute atomic E-state index is 12.6. The van der Waals surface area contributed by atoms with Gasteiger partial charge in [0, 0.05) is 33.9 Å². The van der Waals surface area contributed by atoms with Crippen molar-refractivity contribution >= 4 is 46.3 Å². The minimum absolute atomic E-state index is 0.282. The molecule has 0 bridgehead atoms. The first kappa shape index (κ1) is 18.5. The Bertz CT molecular complexity index is 1130. The van der Waals surface area contributed by atoms with Crippen molar-refractivity contribution in [3.8, 4) is 10.8 Å². The maximum atomic E-state index is 12.6. The zero-order valence-corrected chi connectivity index (χ0v) is 16.5. The summed E-state index contributed by atoms with van der Waals surface area (Å²) < 4.78 is 1.64. The molecule has 10 heteroatoms. The number of amides is 1. The number of carbonyl (C=O) groups excluding carboxylic acids is 1. The van der Waals surface area contributed by atoms with Crippen molar-refractivity contribution in [2.75, 3.05) is 5.32 Å². The smallest absolute Gasteiger partial charge is 0.276 e. The fraction of sp³-hybridized carbons (Fsp3) is 0.0556. The summed E-state index contributed by atoms with van der Waals surface area (Å²) in [6.07, 6.45) is 4.86. The van der Waals surface area contributed by atoms with Gasteiger partial charge < -0.3 is 5.32 Å². The van der Waals surface area contributed by atoms with E-state index in [1.165, 1.54) is 11.3 Å². The standard InChI is InChI=1S/C18H12Cl2N6OS/c19-12-3-2-11(13(20)8-12)9-26-15(4-7-23-26)25-17(27)14-10-28-18(24-14)16-21-5-1-6-22-16/h1-8,10H,9H2,(H,25,27). The molecule has 0 aliphatic rings. The predicted molar refractivity (Wildman–Crippen MR) is 109 cm³/mol. The minimum Gasteiger partial charge on any atom is -0.305 e. The van der Waals surface area contributed by atoms with Crippen LogP contribution in [0.2, 0.25) is 10.0 Å². The summed E-state index contributed by atoms with van der Waals surface area (Å²) >= 11 is 13.5. The van der Waals surface area contributed by atoms with Crippen LogP contribution in [-0.2, 0) is 6.54 Å². The van der Waals surface area contributed by atoms with E-state index in [9.17, 15) is 4.79 Å². The molecule has 0 saturated heterocycles. The van der Waals surface area contributed by atoms with E-state index in [0.29, 0.717) is 33.2 Å². The second-order valence-electron chi connectivity index (χ2n) is 5.67. The summed E-state index contributed by atoms with van der Waals surface area (Å²) in [5.74, 6) is 0.665. The van der Waals surface area contributed by atoms with Crippen molar-refractivity contribution in [3.63, 3.8) is 0 Å². The van der Waals surface area contributed by atoms with Gasteiger partial charge in [-0.3, -0.25) is 4.79 Å². The highest BCUT2D eigenvalue weighted by Gasteiger charge is 2.15. The van der Waals surface area contributed by atoms with E-state index in [2.05, 4.69) is 25.4 Å². The molecular formula is C18H12Cl2N6OS. The number of carbonyl (C=O) groups is 1. The molecule has 1 aromatic carbocycles. The highest BCUT2D eigenvalue weighted by atomic mass is 35.5. The van der Waals surface area contributed by atoms with Gasteiger partial charge in [-0.15, -0.1) is 11.3 Å². The zero-order chi connectivity index (χ0) is 19.5. The summed E-state index contributed by atoms with van der Waals surface area (Å²) in [5.41, 5.74) is 1.12. The minimum atomic E-state index is -0.345. The van der Waals surface area contributed by atoms with Crippen LogP contribution in [0.25, 0.3) is 10.8 Å². The number of anilines is 1. The number of thiazole rings is 1. The number of rotatable bonds is 5. The van der Waals surface area contributed by atoms with Gasteiger partial charge in [0.25, 0.3) is 5.91 Å². The van der Waals surface area contributed by atoms with Gasteiger partial charge in [0.15, 0.2) is 10.8 Å². The van der Waals surface area contributed by atoms with Gasteiger partial charge in [-0.2, -0.15) is 5.10 Å². The monoisotopic (exact) mass is 430 g/mol. The molecule has 0 atom stereocenters. The zero-order valence-electron chi connectivity index (χ0n) is 14.2. The average molecular weight is 431 g/mol. The third-order valence-electron chi connectivity index (χ3n) is 3.79. The van der Waals surface area contributed by atoms with Crippen LogP contribution in [0.3, 0.4) is 0 Å². The Morgan fingerprint density at radius 3 is 2.75 bits per heavy atom. The van der Waals surface area contributed by atoms with Crippen LogP contribution in [-0.4, -0.2) is 30.6 Å². The molecule has 4 rings (SSSR count). The Kier molecular flexibility index (Phi) is 5.34. The maximum Gasteiger partial charge on any atom is 0.276 e. The number of nitrogens with one attached hydrogen (secondary N) is 1. The Balaban J connectivity index is 1.50. The van der Waals surface area contributed by atoms with Crippen molar-refractivity contribution in [1.29, 1.82) is 0 Å². The average Bonchev–Trinajstić information content (AvgIpc) is 3.35. The molecule has 1 amide bonds. The summed E-state index contributed by atoms with van der Waals surface area (Å²) in [7, 11) is 0. The third-order valence-corrected chi connectivity index (χ3v) is 5.21. The number of benzene rings is 1. The van der Waals surface area contributed by atoms with E-state index in [1.54, 1.807) is 52.9 Å². The second kappa shape index (κ2) is 8.05. The Morgan fingerprint density at radius 1 is 1.14 bits per heavy atom. The Labute approximate surface area is 174 Å². The number of hydrogen-bond acceptors (Lipinski definition) is 6. The number of nitrogens with zero attached hydrogens (tertiary/aromatic N) is 5. The molecule has 4 aromatic rings. The lowest BCUT2D eigenvalue weighted by molar-refractivity contribution is 0.102. The van der Waals surface area contributed by atoms with Crippen LogP contribution in [0.4, 0.5) is 5.82 Å². The molecule has 140 valence electrons. The highest BCUT2D eigenvalue weighted by molar-refractivity contribution is 7.13. The van der Waals surface area contributed by atoms with E-state index < -0.39 is 0 Å². The molecular weight excluding hydrogens is 419 g/mol. The largest absolute Gasteiger partial charge is 0.305 e. The van der Waals surface area contributed by atoms with Crippen molar-refractivity contribution in [1.82, 2.24) is 24.7 Å². The molecule has 0 fully saturated rings. The molecule has 0 saturated carbocycles. The molecule has 0 spiro atoms. The van der Waals surface area contributed by atoms with Crippen LogP contribution in [0, 0.1) is 0 Å². The fourth-order valence-electron chi connectivity index (χ4n) is 2.45. The first-order valence-corrected chi connectivity index (χ1v) is 9.74. The van der Waals surface area contributed by atoms with E-state index in [0.717, 1.165) is 5.56 Å². The molecule has 7 nitrogen and oxygen atoms in total. The summed E-state index contributed by atoms with van der Waals surface area (Å²) in [4.78, 5) is 25.2. The van der Waals surface area contributed by atoms with Gasteiger partial charge in [-0.05, 0) is 23.8 Å². The van der Waals surface area contributed by atoms with Crippen molar-refractivity contribution in [2.24, 2.45) is 0 Å². The molecule has 0 radical (unpaired) electrons. The molecule has 0 aliphatic heterocycles. The summed E-state index contributed by atoms with van der Waals surface area (Å²) in [6, 6.07) is 8.67.